The molecule has 0 saturated heterocycles. The van der Waals surface area contributed by atoms with Gasteiger partial charge in [-0.15, -0.1) is 11.6 Å². The van der Waals surface area contributed by atoms with Gasteiger partial charge in [0.15, 0.2) is 0 Å². The van der Waals surface area contributed by atoms with Crippen molar-refractivity contribution in [3.05, 3.63) is 0 Å². The molecule has 2 rings (SSSR count). The van der Waals surface area contributed by atoms with Crippen molar-refractivity contribution in [2.75, 3.05) is 12.4 Å². The van der Waals surface area contributed by atoms with Crippen LogP contribution in [-0.4, -0.2) is 18.3 Å². The van der Waals surface area contributed by atoms with Crippen LogP contribution in [0.5, 0.6) is 0 Å². The van der Waals surface area contributed by atoms with Gasteiger partial charge in [-0.3, -0.25) is 4.79 Å². The average Bonchev–Trinajstić information content (AvgIpc) is 3.08. The zero-order valence-corrected chi connectivity index (χ0v) is 11.6. The van der Waals surface area contributed by atoms with E-state index in [1.54, 1.807) is 0 Å². The van der Waals surface area contributed by atoms with Crippen LogP contribution in [0.1, 0.15) is 51.9 Å². The molecule has 2 fully saturated rings. The van der Waals surface area contributed by atoms with Gasteiger partial charge in [0, 0.05) is 18.3 Å². The third kappa shape index (κ3) is 3.61. The van der Waals surface area contributed by atoms with Crippen molar-refractivity contribution in [1.29, 1.82) is 0 Å². The number of hydrogen-bond donors (Lipinski definition) is 1. The highest BCUT2D eigenvalue weighted by Gasteiger charge is 2.42. The Kier molecular flexibility index (Phi) is 4.35. The molecule has 17 heavy (non-hydrogen) atoms. The molecule has 2 nitrogen and oxygen atoms in total. The van der Waals surface area contributed by atoms with E-state index in [0.717, 1.165) is 37.6 Å². The minimum Gasteiger partial charge on any atom is -0.355 e. The van der Waals surface area contributed by atoms with Gasteiger partial charge in [-0.05, 0) is 56.3 Å². The lowest BCUT2D eigenvalue weighted by Crippen LogP contribution is -2.36. The number of rotatable bonds is 5. The molecule has 2 aliphatic rings. The molecule has 0 aliphatic heterocycles. The third-order valence-corrected chi connectivity index (χ3v) is 4.80. The Morgan fingerprint density at radius 3 is 2.47 bits per heavy atom. The predicted molar refractivity (Wildman–Crippen MR) is 71.1 cm³/mol. The Morgan fingerprint density at radius 1 is 1.29 bits per heavy atom. The van der Waals surface area contributed by atoms with Crippen molar-refractivity contribution in [1.82, 2.24) is 5.32 Å². The predicted octanol–water partition coefficient (Wildman–Crippen LogP) is 3.34. The molecule has 0 unspecified atom stereocenters. The van der Waals surface area contributed by atoms with E-state index in [2.05, 4.69) is 12.2 Å². The van der Waals surface area contributed by atoms with Crippen molar-refractivity contribution < 1.29 is 4.79 Å². The highest BCUT2D eigenvalue weighted by molar-refractivity contribution is 6.17. The normalized spacial score (nSPS) is 30.9. The van der Waals surface area contributed by atoms with Crippen LogP contribution in [0.3, 0.4) is 0 Å². The molecule has 1 N–H and O–H groups in total. The Balaban J connectivity index is 1.70. The van der Waals surface area contributed by atoms with Crippen molar-refractivity contribution in [2.24, 2.45) is 17.3 Å². The monoisotopic (exact) mass is 257 g/mol. The van der Waals surface area contributed by atoms with Gasteiger partial charge in [0.1, 0.15) is 0 Å². The first kappa shape index (κ1) is 13.2. The Labute approximate surface area is 109 Å². The maximum atomic E-state index is 12.0. The van der Waals surface area contributed by atoms with Gasteiger partial charge in [-0.2, -0.15) is 0 Å². The standard InChI is InChI=1S/C14H24ClNO/c1-11-2-4-12(5-3-11)13(17)16-10-14(6-7-14)8-9-15/h11-12H,2-10H2,1H3,(H,16,17). The number of nitrogens with one attached hydrogen (secondary N) is 1. The van der Waals surface area contributed by atoms with E-state index >= 15 is 0 Å². The summed E-state index contributed by atoms with van der Waals surface area (Å²) in [4.78, 5) is 12.0. The van der Waals surface area contributed by atoms with Gasteiger partial charge in [-0.1, -0.05) is 6.92 Å². The molecule has 0 radical (unpaired) electrons. The quantitative estimate of drug-likeness (QED) is 0.752. The molecular formula is C14H24ClNO. The summed E-state index contributed by atoms with van der Waals surface area (Å²) in [6.45, 7) is 3.14. The minimum atomic E-state index is 0.276. The van der Waals surface area contributed by atoms with E-state index in [4.69, 9.17) is 11.6 Å². The minimum absolute atomic E-state index is 0.276. The fourth-order valence-corrected chi connectivity index (χ4v) is 3.23. The number of amides is 1. The molecule has 0 aromatic heterocycles. The van der Waals surface area contributed by atoms with Gasteiger partial charge in [0.05, 0.1) is 0 Å². The van der Waals surface area contributed by atoms with E-state index in [0.29, 0.717) is 5.41 Å². The second-order valence-electron chi connectivity index (χ2n) is 6.11. The molecule has 1 amide bonds. The Hall–Kier alpha value is -0.240. The number of carbonyl (C=O) groups is 1. The SMILES string of the molecule is CC1CCC(C(=O)NCC2(CCCl)CC2)CC1. The van der Waals surface area contributed by atoms with E-state index < -0.39 is 0 Å². The second kappa shape index (κ2) is 5.60. The maximum absolute atomic E-state index is 12.0. The zero-order valence-electron chi connectivity index (χ0n) is 10.8. The molecule has 0 spiro atoms. The number of hydrogen-bond acceptors (Lipinski definition) is 1. The molecule has 98 valence electrons. The summed E-state index contributed by atoms with van der Waals surface area (Å²) in [5, 5.41) is 3.16. The van der Waals surface area contributed by atoms with Crippen LogP contribution in [0.4, 0.5) is 0 Å². The van der Waals surface area contributed by atoms with Crippen molar-refractivity contribution >= 4 is 17.5 Å². The van der Waals surface area contributed by atoms with Crippen LogP contribution < -0.4 is 5.32 Å². The summed E-state index contributed by atoms with van der Waals surface area (Å²) in [6, 6.07) is 0. The Bertz CT molecular complexity index is 267. The second-order valence-corrected chi connectivity index (χ2v) is 6.49. The first-order valence-electron chi connectivity index (χ1n) is 6.99. The van der Waals surface area contributed by atoms with Crippen molar-refractivity contribution in [3.63, 3.8) is 0 Å². The average molecular weight is 258 g/mol. The van der Waals surface area contributed by atoms with Gasteiger partial charge in [0.25, 0.3) is 0 Å². The fraction of sp³-hybridized carbons (Fsp3) is 0.929. The summed E-state index contributed by atoms with van der Waals surface area (Å²) < 4.78 is 0. The molecule has 0 bridgehead atoms. The molecule has 0 heterocycles. The zero-order chi connectivity index (χ0) is 12.3. The summed E-state index contributed by atoms with van der Waals surface area (Å²) in [6.07, 6.45) is 8.11. The van der Waals surface area contributed by atoms with E-state index in [1.807, 2.05) is 0 Å². The highest BCUT2D eigenvalue weighted by atomic mass is 35.5. The Morgan fingerprint density at radius 2 is 1.94 bits per heavy atom. The molecule has 0 aromatic rings. The van der Waals surface area contributed by atoms with E-state index in [-0.39, 0.29) is 11.8 Å². The largest absolute Gasteiger partial charge is 0.355 e. The molecule has 2 saturated carbocycles. The van der Waals surface area contributed by atoms with Crippen LogP contribution in [-0.2, 0) is 4.79 Å². The van der Waals surface area contributed by atoms with Crippen molar-refractivity contribution in [3.8, 4) is 0 Å². The summed E-state index contributed by atoms with van der Waals surface area (Å²) in [5.74, 6) is 2.09. The third-order valence-electron chi connectivity index (χ3n) is 4.61. The lowest BCUT2D eigenvalue weighted by Gasteiger charge is -2.26. The molecule has 0 aromatic carbocycles. The molecule has 3 heteroatoms. The van der Waals surface area contributed by atoms with Gasteiger partial charge >= 0.3 is 0 Å². The van der Waals surface area contributed by atoms with E-state index in [1.165, 1.54) is 25.7 Å². The molecular weight excluding hydrogens is 234 g/mol. The van der Waals surface area contributed by atoms with E-state index in [9.17, 15) is 4.79 Å². The first-order valence-corrected chi connectivity index (χ1v) is 7.52. The van der Waals surface area contributed by atoms with Gasteiger partial charge in [0.2, 0.25) is 5.91 Å². The fourth-order valence-electron chi connectivity index (χ4n) is 2.83. The van der Waals surface area contributed by atoms with Crippen LogP contribution >= 0.6 is 11.6 Å². The van der Waals surface area contributed by atoms with Crippen LogP contribution in [0.25, 0.3) is 0 Å². The first-order chi connectivity index (χ1) is 8.15. The number of halogens is 1. The summed E-state index contributed by atoms with van der Waals surface area (Å²) in [5.41, 5.74) is 0.360. The lowest BCUT2D eigenvalue weighted by atomic mass is 9.82. The lowest BCUT2D eigenvalue weighted by molar-refractivity contribution is -0.126. The van der Waals surface area contributed by atoms with Crippen LogP contribution in [0, 0.1) is 17.3 Å². The van der Waals surface area contributed by atoms with Crippen LogP contribution in [0.15, 0.2) is 0 Å². The highest BCUT2D eigenvalue weighted by Crippen LogP contribution is 2.48. The van der Waals surface area contributed by atoms with Crippen LogP contribution in [0.2, 0.25) is 0 Å². The maximum Gasteiger partial charge on any atom is 0.223 e. The number of alkyl halides is 1. The number of carbonyl (C=O) groups excluding carboxylic acids is 1. The molecule has 0 atom stereocenters. The van der Waals surface area contributed by atoms with Gasteiger partial charge in [-0.25, -0.2) is 0 Å². The topological polar surface area (TPSA) is 29.1 Å². The molecule has 2 aliphatic carbocycles. The van der Waals surface area contributed by atoms with Gasteiger partial charge < -0.3 is 5.32 Å². The summed E-state index contributed by atoms with van der Waals surface area (Å²) in [7, 11) is 0. The van der Waals surface area contributed by atoms with Crippen molar-refractivity contribution in [2.45, 2.75) is 51.9 Å². The summed E-state index contributed by atoms with van der Waals surface area (Å²) >= 11 is 5.79. The smallest absolute Gasteiger partial charge is 0.223 e.